The minimum absolute atomic E-state index is 0.0610. The van der Waals surface area contributed by atoms with Crippen LogP contribution in [0.4, 0.5) is 0 Å². The van der Waals surface area contributed by atoms with Gasteiger partial charge in [-0.3, -0.25) is 4.79 Å². The number of hydrogen-bond acceptors (Lipinski definition) is 3. The van der Waals surface area contributed by atoms with Gasteiger partial charge in [-0.05, 0) is 30.7 Å². The number of sulfonamides is 1. The number of carbonyl (C=O) groups excluding carboxylic acids is 1. The normalized spacial score (nSPS) is 12.8. The number of nitrogens with zero attached hydrogens (tertiary/aromatic N) is 1. The molecule has 26 heavy (non-hydrogen) atoms. The summed E-state index contributed by atoms with van der Waals surface area (Å²) in [5, 5.41) is 3.12. The number of benzene rings is 2. The second-order valence-corrected chi connectivity index (χ2v) is 8.46. The molecule has 0 radical (unpaired) electrons. The van der Waals surface area contributed by atoms with Gasteiger partial charge in [-0.25, -0.2) is 8.42 Å². The molecule has 1 amide bonds. The quantitative estimate of drug-likeness (QED) is 0.747. The Hall–Kier alpha value is -1.60. The van der Waals surface area contributed by atoms with Crippen molar-refractivity contribution in [1.29, 1.82) is 0 Å². The summed E-state index contributed by atoms with van der Waals surface area (Å²) in [6, 6.07) is 13.4. The Morgan fingerprint density at radius 1 is 1.15 bits per heavy atom. The molecule has 0 aromatic heterocycles. The van der Waals surface area contributed by atoms with E-state index < -0.39 is 15.9 Å². The third-order valence-electron chi connectivity index (χ3n) is 3.86. The van der Waals surface area contributed by atoms with Crippen LogP contribution >= 0.6 is 23.2 Å². The van der Waals surface area contributed by atoms with Crippen LogP contribution in [0.1, 0.15) is 25.5 Å². The first-order chi connectivity index (χ1) is 12.3. The maximum absolute atomic E-state index is 12.8. The molecular formula is C18H20Cl2N2O3S. The van der Waals surface area contributed by atoms with E-state index in [-0.39, 0.29) is 34.1 Å². The number of rotatable bonds is 7. The van der Waals surface area contributed by atoms with E-state index >= 15 is 0 Å². The highest BCUT2D eigenvalue weighted by molar-refractivity contribution is 7.89. The smallest absolute Gasteiger partial charge is 0.245 e. The minimum Gasteiger partial charge on any atom is -0.348 e. The standard InChI is InChI=1S/C18H20Cl2N2O3S/c1-3-22(26(24,25)17-11-15(19)9-10-16(17)20)12-18(23)21-13(2)14-7-5-4-6-8-14/h4-11,13H,3,12H2,1-2H3,(H,21,23)/t13-/m0/s1. The van der Waals surface area contributed by atoms with Crippen molar-refractivity contribution in [2.24, 2.45) is 0 Å². The Bertz CT molecular complexity index is 873. The van der Waals surface area contributed by atoms with Gasteiger partial charge < -0.3 is 5.32 Å². The molecule has 0 aliphatic rings. The van der Waals surface area contributed by atoms with E-state index in [1.807, 2.05) is 37.3 Å². The molecule has 0 saturated heterocycles. The molecule has 1 N–H and O–H groups in total. The Morgan fingerprint density at radius 3 is 2.42 bits per heavy atom. The molecule has 2 aromatic rings. The molecule has 0 saturated carbocycles. The fourth-order valence-electron chi connectivity index (χ4n) is 2.45. The predicted molar refractivity (Wildman–Crippen MR) is 104 cm³/mol. The van der Waals surface area contributed by atoms with E-state index in [0.29, 0.717) is 0 Å². The summed E-state index contributed by atoms with van der Waals surface area (Å²) in [6.45, 7) is 3.31. The van der Waals surface area contributed by atoms with E-state index in [0.717, 1.165) is 9.87 Å². The van der Waals surface area contributed by atoms with Crippen LogP contribution in [0.3, 0.4) is 0 Å². The number of likely N-dealkylation sites (N-methyl/N-ethyl adjacent to an activating group) is 1. The maximum Gasteiger partial charge on any atom is 0.245 e. The lowest BCUT2D eigenvalue weighted by Crippen LogP contribution is -2.41. The molecule has 2 aromatic carbocycles. The molecule has 0 spiro atoms. The van der Waals surface area contributed by atoms with Crippen LogP contribution in [-0.4, -0.2) is 31.7 Å². The summed E-state index contributed by atoms with van der Waals surface area (Å²) in [5.74, 6) is -0.398. The molecule has 5 nitrogen and oxygen atoms in total. The van der Waals surface area contributed by atoms with Crippen molar-refractivity contribution in [3.05, 3.63) is 64.1 Å². The van der Waals surface area contributed by atoms with E-state index in [2.05, 4.69) is 5.32 Å². The third kappa shape index (κ3) is 4.98. The zero-order valence-electron chi connectivity index (χ0n) is 14.4. The summed E-state index contributed by atoms with van der Waals surface area (Å²) >= 11 is 11.9. The molecule has 1 atom stereocenters. The summed E-state index contributed by atoms with van der Waals surface area (Å²) in [6.07, 6.45) is 0. The second-order valence-electron chi connectivity index (χ2n) is 5.71. The van der Waals surface area contributed by atoms with Gasteiger partial charge in [0.15, 0.2) is 0 Å². The Balaban J connectivity index is 2.15. The maximum atomic E-state index is 12.8. The van der Waals surface area contributed by atoms with Crippen LogP contribution in [0.2, 0.25) is 10.0 Å². The average Bonchev–Trinajstić information content (AvgIpc) is 2.62. The molecule has 0 aliphatic carbocycles. The molecular weight excluding hydrogens is 395 g/mol. The van der Waals surface area contributed by atoms with Crippen LogP contribution in [0, 0.1) is 0 Å². The summed E-state index contributed by atoms with van der Waals surface area (Å²) in [7, 11) is -3.94. The van der Waals surface area contributed by atoms with Crippen molar-refractivity contribution in [1.82, 2.24) is 9.62 Å². The summed E-state index contributed by atoms with van der Waals surface area (Å²) < 4.78 is 26.7. The zero-order valence-corrected chi connectivity index (χ0v) is 16.8. The Labute approximate surface area is 164 Å². The van der Waals surface area contributed by atoms with Gasteiger partial charge >= 0.3 is 0 Å². The number of hydrogen-bond donors (Lipinski definition) is 1. The van der Waals surface area contributed by atoms with Gasteiger partial charge in [0.2, 0.25) is 15.9 Å². The highest BCUT2D eigenvalue weighted by Gasteiger charge is 2.28. The van der Waals surface area contributed by atoms with Crippen molar-refractivity contribution in [3.63, 3.8) is 0 Å². The van der Waals surface area contributed by atoms with Crippen LogP contribution in [0.5, 0.6) is 0 Å². The van der Waals surface area contributed by atoms with E-state index in [1.54, 1.807) is 6.92 Å². The van der Waals surface area contributed by atoms with Crippen molar-refractivity contribution in [2.75, 3.05) is 13.1 Å². The number of amides is 1. The zero-order chi connectivity index (χ0) is 19.3. The van der Waals surface area contributed by atoms with Crippen molar-refractivity contribution in [3.8, 4) is 0 Å². The van der Waals surface area contributed by atoms with Crippen molar-refractivity contribution in [2.45, 2.75) is 24.8 Å². The molecule has 2 rings (SSSR count). The molecule has 0 aliphatic heterocycles. The molecule has 8 heteroatoms. The molecule has 140 valence electrons. The van der Waals surface area contributed by atoms with Gasteiger partial charge in [-0.1, -0.05) is 60.5 Å². The van der Waals surface area contributed by atoms with Gasteiger partial charge in [0.1, 0.15) is 4.90 Å². The largest absolute Gasteiger partial charge is 0.348 e. The van der Waals surface area contributed by atoms with E-state index in [1.165, 1.54) is 18.2 Å². The summed E-state index contributed by atoms with van der Waals surface area (Å²) in [4.78, 5) is 12.2. The number of nitrogens with one attached hydrogen (secondary N) is 1. The summed E-state index contributed by atoms with van der Waals surface area (Å²) in [5.41, 5.74) is 0.935. The second kappa shape index (κ2) is 8.86. The van der Waals surface area contributed by atoms with E-state index in [9.17, 15) is 13.2 Å². The average molecular weight is 415 g/mol. The third-order valence-corrected chi connectivity index (χ3v) is 6.50. The lowest BCUT2D eigenvalue weighted by molar-refractivity contribution is -0.121. The topological polar surface area (TPSA) is 66.5 Å². The first kappa shape index (κ1) is 20.7. The van der Waals surface area contributed by atoms with Gasteiger partial charge in [-0.15, -0.1) is 0 Å². The molecule has 0 bridgehead atoms. The lowest BCUT2D eigenvalue weighted by atomic mass is 10.1. The monoisotopic (exact) mass is 414 g/mol. The fourth-order valence-corrected chi connectivity index (χ4v) is 4.60. The van der Waals surface area contributed by atoms with E-state index in [4.69, 9.17) is 23.2 Å². The number of carbonyl (C=O) groups is 1. The van der Waals surface area contributed by atoms with Gasteiger partial charge in [0, 0.05) is 11.6 Å². The van der Waals surface area contributed by atoms with Crippen LogP contribution < -0.4 is 5.32 Å². The molecule has 0 fully saturated rings. The van der Waals surface area contributed by atoms with Crippen molar-refractivity contribution < 1.29 is 13.2 Å². The lowest BCUT2D eigenvalue weighted by Gasteiger charge is -2.22. The highest BCUT2D eigenvalue weighted by Crippen LogP contribution is 2.27. The first-order valence-electron chi connectivity index (χ1n) is 8.05. The van der Waals surface area contributed by atoms with Crippen LogP contribution in [0.15, 0.2) is 53.4 Å². The Morgan fingerprint density at radius 2 is 1.81 bits per heavy atom. The first-order valence-corrected chi connectivity index (χ1v) is 10.2. The predicted octanol–water partition coefficient (Wildman–Crippen LogP) is 3.88. The molecule has 0 unspecified atom stereocenters. The van der Waals surface area contributed by atoms with Crippen LogP contribution in [0.25, 0.3) is 0 Å². The van der Waals surface area contributed by atoms with Crippen molar-refractivity contribution >= 4 is 39.1 Å². The highest BCUT2D eigenvalue weighted by atomic mass is 35.5. The minimum atomic E-state index is -3.94. The van der Waals surface area contributed by atoms with Gasteiger partial charge in [0.05, 0.1) is 17.6 Å². The molecule has 0 heterocycles. The SMILES string of the molecule is CCN(CC(=O)N[C@@H](C)c1ccccc1)S(=O)(=O)c1cc(Cl)ccc1Cl. The Kier molecular flexibility index (Phi) is 7.06. The van der Waals surface area contributed by atoms with Gasteiger partial charge in [0.25, 0.3) is 0 Å². The number of halogens is 2. The van der Waals surface area contributed by atoms with Gasteiger partial charge in [-0.2, -0.15) is 4.31 Å². The van der Waals surface area contributed by atoms with Crippen LogP contribution in [-0.2, 0) is 14.8 Å². The fraction of sp³-hybridized carbons (Fsp3) is 0.278.